The quantitative estimate of drug-likeness (QED) is 0.139. The molecule has 3 aromatic rings. The summed E-state index contributed by atoms with van der Waals surface area (Å²) in [7, 11) is 0. The lowest BCUT2D eigenvalue weighted by Crippen LogP contribution is -2.17. The van der Waals surface area contributed by atoms with Gasteiger partial charge in [-0.05, 0) is 73.5 Å². The minimum Gasteiger partial charge on any atom is -0.494 e. The van der Waals surface area contributed by atoms with Crippen molar-refractivity contribution in [1.29, 1.82) is 0 Å². The zero-order valence-corrected chi connectivity index (χ0v) is 19.3. The van der Waals surface area contributed by atoms with Gasteiger partial charge in [0.15, 0.2) is 11.5 Å². The Kier molecular flexibility index (Phi) is 9.22. The van der Waals surface area contributed by atoms with Gasteiger partial charge < -0.3 is 14.2 Å². The molecule has 7 heteroatoms. The maximum atomic E-state index is 12.4. The fraction of sp³-hybridized carbons (Fsp3) is 0.222. The molecule has 0 fully saturated rings. The number of ether oxygens (including phenoxy) is 3. The van der Waals surface area contributed by atoms with Crippen molar-refractivity contribution in [3.05, 3.63) is 89.5 Å². The highest BCUT2D eigenvalue weighted by Crippen LogP contribution is 2.29. The summed E-state index contributed by atoms with van der Waals surface area (Å²) in [6.07, 6.45) is 3.54. The highest BCUT2D eigenvalue weighted by Gasteiger charge is 2.13. The second kappa shape index (κ2) is 12.8. The fourth-order valence-electron chi connectivity index (χ4n) is 2.96. The number of carbonyl (C=O) groups excluding carboxylic acids is 2. The molecule has 7 nitrogen and oxygen atoms in total. The predicted octanol–water partition coefficient (Wildman–Crippen LogP) is 5.25. The van der Waals surface area contributed by atoms with Gasteiger partial charge >= 0.3 is 5.97 Å². The number of unbranched alkanes of at least 4 members (excludes halogenated alkanes) is 1. The van der Waals surface area contributed by atoms with Gasteiger partial charge in [-0.3, -0.25) is 4.79 Å². The number of amides is 1. The van der Waals surface area contributed by atoms with Crippen molar-refractivity contribution in [1.82, 2.24) is 5.43 Å². The number of hydrogen-bond acceptors (Lipinski definition) is 6. The van der Waals surface area contributed by atoms with Crippen molar-refractivity contribution in [3.63, 3.8) is 0 Å². The standard InChI is InChI=1S/C27H28N2O5/c1-3-5-17-33-23-14-12-21(13-15-23)26(30)29-28-19-20-11-16-24(25(18-20)32-4-2)34-27(31)22-9-7-6-8-10-22/h6-16,18-19H,3-5,17H2,1-2H3,(H,29,30)/b28-19+. The summed E-state index contributed by atoms with van der Waals surface area (Å²) < 4.78 is 16.7. The lowest BCUT2D eigenvalue weighted by atomic mass is 10.2. The van der Waals surface area contributed by atoms with E-state index in [0.29, 0.717) is 41.4 Å². The predicted molar refractivity (Wildman–Crippen MR) is 131 cm³/mol. The molecule has 0 aliphatic heterocycles. The van der Waals surface area contributed by atoms with Gasteiger partial charge in [-0.15, -0.1) is 0 Å². The van der Waals surface area contributed by atoms with E-state index in [0.717, 1.165) is 18.6 Å². The first-order valence-corrected chi connectivity index (χ1v) is 11.2. The summed E-state index contributed by atoms with van der Waals surface area (Å²) in [5, 5.41) is 4.02. The summed E-state index contributed by atoms with van der Waals surface area (Å²) in [6.45, 7) is 4.99. The minimum atomic E-state index is -0.475. The van der Waals surface area contributed by atoms with Gasteiger partial charge in [0.05, 0.1) is 25.0 Å². The summed E-state index contributed by atoms with van der Waals surface area (Å²) in [5.41, 5.74) is 4.09. The molecule has 1 N–H and O–H groups in total. The van der Waals surface area contributed by atoms with Crippen LogP contribution in [0.5, 0.6) is 17.2 Å². The van der Waals surface area contributed by atoms with E-state index in [1.807, 2.05) is 13.0 Å². The smallest absolute Gasteiger partial charge is 0.343 e. The number of rotatable bonds is 11. The largest absolute Gasteiger partial charge is 0.494 e. The number of carbonyl (C=O) groups is 2. The highest BCUT2D eigenvalue weighted by atomic mass is 16.6. The molecule has 0 bridgehead atoms. The van der Waals surface area contributed by atoms with E-state index in [9.17, 15) is 9.59 Å². The number of hydrazone groups is 1. The molecule has 34 heavy (non-hydrogen) atoms. The molecule has 0 saturated heterocycles. The normalized spacial score (nSPS) is 10.6. The Balaban J connectivity index is 1.61. The summed E-state index contributed by atoms with van der Waals surface area (Å²) in [5.74, 6) is 0.621. The van der Waals surface area contributed by atoms with Crippen LogP contribution in [0.4, 0.5) is 0 Å². The third kappa shape index (κ3) is 7.20. The Hall–Kier alpha value is -4.13. The van der Waals surface area contributed by atoms with Crippen LogP contribution in [0.3, 0.4) is 0 Å². The van der Waals surface area contributed by atoms with Gasteiger partial charge in [-0.25, -0.2) is 10.2 Å². The van der Waals surface area contributed by atoms with Crippen molar-refractivity contribution >= 4 is 18.1 Å². The Bertz CT molecular complexity index is 1110. The van der Waals surface area contributed by atoms with E-state index in [2.05, 4.69) is 17.5 Å². The first-order chi connectivity index (χ1) is 16.6. The molecule has 0 spiro atoms. The molecule has 3 aromatic carbocycles. The lowest BCUT2D eigenvalue weighted by Gasteiger charge is -2.11. The maximum absolute atomic E-state index is 12.4. The average molecular weight is 461 g/mol. The van der Waals surface area contributed by atoms with E-state index in [-0.39, 0.29) is 5.91 Å². The van der Waals surface area contributed by atoms with Crippen LogP contribution in [-0.4, -0.2) is 31.3 Å². The summed E-state index contributed by atoms with van der Waals surface area (Å²) >= 11 is 0. The SMILES string of the molecule is CCCCOc1ccc(C(=O)N/N=C/c2ccc(OC(=O)c3ccccc3)c(OCC)c2)cc1. The average Bonchev–Trinajstić information content (AvgIpc) is 2.86. The molecule has 0 aliphatic rings. The maximum Gasteiger partial charge on any atom is 0.343 e. The van der Waals surface area contributed by atoms with Crippen molar-refractivity contribution < 1.29 is 23.8 Å². The van der Waals surface area contributed by atoms with E-state index in [1.54, 1.807) is 66.7 Å². The molecule has 3 rings (SSSR count). The third-order valence-electron chi connectivity index (χ3n) is 4.74. The van der Waals surface area contributed by atoms with Crippen LogP contribution in [0.25, 0.3) is 0 Å². The monoisotopic (exact) mass is 460 g/mol. The minimum absolute atomic E-state index is 0.304. The zero-order chi connectivity index (χ0) is 24.2. The zero-order valence-electron chi connectivity index (χ0n) is 19.3. The Morgan fingerprint density at radius 1 is 0.882 bits per heavy atom. The van der Waals surface area contributed by atoms with Crippen LogP contribution < -0.4 is 19.6 Å². The van der Waals surface area contributed by atoms with Crippen LogP contribution in [0, 0.1) is 0 Å². The topological polar surface area (TPSA) is 86.2 Å². The Morgan fingerprint density at radius 3 is 2.35 bits per heavy atom. The molecule has 0 radical (unpaired) electrons. The Labute approximate surface area is 199 Å². The summed E-state index contributed by atoms with van der Waals surface area (Å²) in [6, 6.07) is 20.7. The second-order valence-corrected chi connectivity index (χ2v) is 7.32. The number of benzene rings is 3. The van der Waals surface area contributed by atoms with Crippen molar-refractivity contribution in [2.45, 2.75) is 26.7 Å². The molecule has 0 heterocycles. The lowest BCUT2D eigenvalue weighted by molar-refractivity contribution is 0.0728. The van der Waals surface area contributed by atoms with Crippen LogP contribution in [0.1, 0.15) is 53.0 Å². The van der Waals surface area contributed by atoms with Crippen molar-refractivity contribution in [2.75, 3.05) is 13.2 Å². The molecule has 0 aromatic heterocycles. The van der Waals surface area contributed by atoms with Gasteiger partial charge in [-0.2, -0.15) is 5.10 Å². The van der Waals surface area contributed by atoms with Crippen LogP contribution in [-0.2, 0) is 0 Å². The third-order valence-corrected chi connectivity index (χ3v) is 4.74. The molecule has 0 unspecified atom stereocenters. The van der Waals surface area contributed by atoms with Gasteiger partial charge in [0, 0.05) is 5.56 Å². The van der Waals surface area contributed by atoms with Crippen molar-refractivity contribution in [3.8, 4) is 17.2 Å². The number of nitrogens with zero attached hydrogens (tertiary/aromatic N) is 1. The van der Waals surface area contributed by atoms with E-state index < -0.39 is 5.97 Å². The van der Waals surface area contributed by atoms with Crippen molar-refractivity contribution in [2.24, 2.45) is 5.10 Å². The molecule has 1 amide bonds. The van der Waals surface area contributed by atoms with E-state index >= 15 is 0 Å². The molecular weight excluding hydrogens is 432 g/mol. The van der Waals surface area contributed by atoms with Gasteiger partial charge in [0.25, 0.3) is 5.91 Å². The highest BCUT2D eigenvalue weighted by molar-refractivity contribution is 5.95. The van der Waals surface area contributed by atoms with E-state index in [4.69, 9.17) is 14.2 Å². The molecular formula is C27H28N2O5. The molecule has 0 saturated carbocycles. The number of nitrogens with one attached hydrogen (secondary N) is 1. The van der Waals surface area contributed by atoms with E-state index in [1.165, 1.54) is 6.21 Å². The van der Waals surface area contributed by atoms with Gasteiger partial charge in [-0.1, -0.05) is 31.5 Å². The molecule has 176 valence electrons. The molecule has 0 atom stereocenters. The summed E-state index contributed by atoms with van der Waals surface area (Å²) in [4.78, 5) is 24.7. The van der Waals surface area contributed by atoms with Crippen LogP contribution in [0.15, 0.2) is 77.9 Å². The molecule has 0 aliphatic carbocycles. The first kappa shape index (κ1) is 24.5. The van der Waals surface area contributed by atoms with Crippen LogP contribution >= 0.6 is 0 Å². The van der Waals surface area contributed by atoms with Gasteiger partial charge in [0.1, 0.15) is 5.75 Å². The Morgan fingerprint density at radius 2 is 1.65 bits per heavy atom. The van der Waals surface area contributed by atoms with Gasteiger partial charge in [0.2, 0.25) is 0 Å². The first-order valence-electron chi connectivity index (χ1n) is 11.2. The second-order valence-electron chi connectivity index (χ2n) is 7.32. The number of esters is 1. The number of hydrogen-bond donors (Lipinski definition) is 1. The van der Waals surface area contributed by atoms with Crippen LogP contribution in [0.2, 0.25) is 0 Å². The fourth-order valence-corrected chi connectivity index (χ4v) is 2.96.